The number of hydrogen-bond donors (Lipinski definition) is 2. The number of methoxy groups -OCH3 is 1. The second kappa shape index (κ2) is 8.19. The highest BCUT2D eigenvalue weighted by molar-refractivity contribution is 5.94. The summed E-state index contributed by atoms with van der Waals surface area (Å²) < 4.78 is 13.1. The Hall–Kier alpha value is -3.72. The van der Waals surface area contributed by atoms with Gasteiger partial charge in [-0.2, -0.15) is 0 Å². The molecule has 4 aromatic rings. The second-order valence-electron chi connectivity index (χ2n) is 7.41. The van der Waals surface area contributed by atoms with Crippen LogP contribution in [-0.2, 0) is 6.61 Å². The summed E-state index contributed by atoms with van der Waals surface area (Å²) in [6.07, 6.45) is 4.38. The van der Waals surface area contributed by atoms with Crippen LogP contribution in [0.2, 0.25) is 0 Å². The lowest BCUT2D eigenvalue weighted by Crippen LogP contribution is -2.36. The Morgan fingerprint density at radius 2 is 2.19 bits per heavy atom. The third kappa shape index (κ3) is 3.87. The normalized spacial score (nSPS) is 16.0. The van der Waals surface area contributed by atoms with Crippen LogP contribution in [0.25, 0.3) is 16.6 Å². The average molecular weight is 418 g/mol. The summed E-state index contributed by atoms with van der Waals surface area (Å²) in [6.45, 7) is 1.92. The molecule has 3 aromatic heterocycles. The molecule has 158 valence electrons. The fraction of sp³-hybridized carbons (Fsp3) is 0.273. The molecular weight excluding hydrogens is 396 g/mol. The van der Waals surface area contributed by atoms with E-state index < -0.39 is 0 Å². The zero-order valence-corrected chi connectivity index (χ0v) is 17.0. The van der Waals surface area contributed by atoms with Gasteiger partial charge in [-0.15, -0.1) is 10.2 Å². The molecule has 0 spiro atoms. The molecule has 1 atom stereocenters. The minimum Gasteiger partial charge on any atom is -0.497 e. The van der Waals surface area contributed by atoms with Gasteiger partial charge in [-0.3, -0.25) is 14.2 Å². The van der Waals surface area contributed by atoms with Crippen LogP contribution >= 0.6 is 0 Å². The van der Waals surface area contributed by atoms with Crippen molar-refractivity contribution in [2.45, 2.75) is 19.1 Å². The van der Waals surface area contributed by atoms with Gasteiger partial charge in [-0.1, -0.05) is 0 Å². The summed E-state index contributed by atoms with van der Waals surface area (Å²) >= 11 is 0. The molecule has 1 fully saturated rings. The molecule has 4 heterocycles. The first-order valence-electron chi connectivity index (χ1n) is 10.1. The Morgan fingerprint density at radius 3 is 3.03 bits per heavy atom. The van der Waals surface area contributed by atoms with Gasteiger partial charge in [0.2, 0.25) is 0 Å². The van der Waals surface area contributed by atoms with Crippen molar-refractivity contribution in [3.05, 3.63) is 60.2 Å². The van der Waals surface area contributed by atoms with Gasteiger partial charge in [0.1, 0.15) is 18.1 Å². The highest BCUT2D eigenvalue weighted by Gasteiger charge is 2.18. The first-order chi connectivity index (χ1) is 15.2. The van der Waals surface area contributed by atoms with Crippen LogP contribution in [0.1, 0.15) is 22.6 Å². The first kappa shape index (κ1) is 19.3. The number of amides is 1. The quantitative estimate of drug-likeness (QED) is 0.493. The highest BCUT2D eigenvalue weighted by atomic mass is 16.5. The molecule has 2 N–H and O–H groups in total. The SMILES string of the molecule is COc1ccc2c(OCc3nnc4ccc(C(=O)NC5CCNC5)cn34)ccnc2c1. The Morgan fingerprint density at radius 1 is 1.26 bits per heavy atom. The molecule has 0 aliphatic carbocycles. The van der Waals surface area contributed by atoms with E-state index in [0.717, 1.165) is 36.2 Å². The van der Waals surface area contributed by atoms with E-state index >= 15 is 0 Å². The third-order valence-corrected chi connectivity index (χ3v) is 5.40. The lowest BCUT2D eigenvalue weighted by Gasteiger charge is -2.12. The Balaban J connectivity index is 1.37. The maximum atomic E-state index is 12.6. The molecule has 1 amide bonds. The number of pyridine rings is 2. The molecule has 31 heavy (non-hydrogen) atoms. The number of nitrogens with zero attached hydrogens (tertiary/aromatic N) is 4. The minimum absolute atomic E-state index is 0.106. The molecule has 1 aliphatic rings. The fourth-order valence-corrected chi connectivity index (χ4v) is 3.71. The van der Waals surface area contributed by atoms with Crippen LogP contribution < -0.4 is 20.1 Å². The fourth-order valence-electron chi connectivity index (χ4n) is 3.71. The van der Waals surface area contributed by atoms with Crippen molar-refractivity contribution in [3.8, 4) is 11.5 Å². The van der Waals surface area contributed by atoms with Gasteiger partial charge in [-0.05, 0) is 43.3 Å². The molecule has 5 rings (SSSR count). The monoisotopic (exact) mass is 418 g/mol. The van der Waals surface area contributed by atoms with Crippen LogP contribution in [-0.4, -0.2) is 51.7 Å². The van der Waals surface area contributed by atoms with Crippen molar-refractivity contribution in [1.82, 2.24) is 30.2 Å². The van der Waals surface area contributed by atoms with Gasteiger partial charge in [0.05, 0.1) is 18.2 Å². The summed E-state index contributed by atoms with van der Waals surface area (Å²) in [6, 6.07) is 11.2. The molecular formula is C22H22N6O3. The van der Waals surface area contributed by atoms with Crippen molar-refractivity contribution >= 4 is 22.5 Å². The van der Waals surface area contributed by atoms with E-state index in [-0.39, 0.29) is 18.6 Å². The van der Waals surface area contributed by atoms with Gasteiger partial charge in [0.15, 0.2) is 11.5 Å². The molecule has 1 aliphatic heterocycles. The molecule has 9 nitrogen and oxygen atoms in total. The number of carbonyl (C=O) groups excluding carboxylic acids is 1. The van der Waals surface area contributed by atoms with Gasteiger partial charge in [0.25, 0.3) is 5.91 Å². The smallest absolute Gasteiger partial charge is 0.253 e. The minimum atomic E-state index is -0.106. The molecule has 0 radical (unpaired) electrons. The number of carbonyl (C=O) groups is 1. The Bertz CT molecular complexity index is 1250. The van der Waals surface area contributed by atoms with Gasteiger partial charge >= 0.3 is 0 Å². The van der Waals surface area contributed by atoms with Crippen molar-refractivity contribution in [1.29, 1.82) is 0 Å². The summed E-state index contributed by atoms with van der Waals surface area (Å²) in [5.74, 6) is 1.92. The lowest BCUT2D eigenvalue weighted by molar-refractivity contribution is 0.0939. The number of fused-ring (bicyclic) bond motifs is 2. The lowest BCUT2D eigenvalue weighted by atomic mass is 10.2. The zero-order chi connectivity index (χ0) is 21.2. The summed E-state index contributed by atoms with van der Waals surface area (Å²) in [4.78, 5) is 17.0. The highest BCUT2D eigenvalue weighted by Crippen LogP contribution is 2.27. The number of benzene rings is 1. The van der Waals surface area contributed by atoms with Gasteiger partial charge in [0, 0.05) is 36.4 Å². The van der Waals surface area contributed by atoms with E-state index in [1.165, 1.54) is 0 Å². The van der Waals surface area contributed by atoms with Crippen molar-refractivity contribution in [3.63, 3.8) is 0 Å². The van der Waals surface area contributed by atoms with E-state index in [9.17, 15) is 4.79 Å². The van der Waals surface area contributed by atoms with E-state index in [2.05, 4.69) is 25.8 Å². The van der Waals surface area contributed by atoms with Crippen LogP contribution in [0.3, 0.4) is 0 Å². The van der Waals surface area contributed by atoms with E-state index in [1.54, 1.807) is 36.0 Å². The summed E-state index contributed by atoms with van der Waals surface area (Å²) in [5, 5.41) is 15.6. The standard InChI is InChI=1S/C22H22N6O3/c1-30-16-3-4-17-18(10-16)24-9-7-19(17)31-13-21-27-26-20-5-2-14(12-28(20)21)22(29)25-15-6-8-23-11-15/h2-5,7,9-10,12,15,23H,6,8,11,13H2,1H3,(H,25,29). The summed E-state index contributed by atoms with van der Waals surface area (Å²) in [7, 11) is 1.62. The number of hydrogen-bond acceptors (Lipinski definition) is 7. The van der Waals surface area contributed by atoms with Crippen molar-refractivity contribution < 1.29 is 14.3 Å². The van der Waals surface area contributed by atoms with Crippen LogP contribution in [0.4, 0.5) is 0 Å². The van der Waals surface area contributed by atoms with Crippen LogP contribution in [0, 0.1) is 0 Å². The zero-order valence-electron chi connectivity index (χ0n) is 17.0. The van der Waals surface area contributed by atoms with Crippen LogP contribution in [0.15, 0.2) is 48.8 Å². The van der Waals surface area contributed by atoms with Crippen molar-refractivity contribution in [2.24, 2.45) is 0 Å². The predicted octanol–water partition coefficient (Wildman–Crippen LogP) is 1.96. The van der Waals surface area contributed by atoms with Crippen LogP contribution in [0.5, 0.6) is 11.5 Å². The largest absolute Gasteiger partial charge is 0.497 e. The van der Waals surface area contributed by atoms with E-state index in [4.69, 9.17) is 9.47 Å². The molecule has 1 aromatic carbocycles. The molecule has 1 saturated heterocycles. The third-order valence-electron chi connectivity index (χ3n) is 5.40. The predicted molar refractivity (Wildman–Crippen MR) is 114 cm³/mol. The molecule has 0 saturated carbocycles. The number of aromatic nitrogens is 4. The maximum absolute atomic E-state index is 12.6. The second-order valence-corrected chi connectivity index (χ2v) is 7.41. The van der Waals surface area contributed by atoms with E-state index in [0.29, 0.717) is 22.8 Å². The molecule has 1 unspecified atom stereocenters. The number of ether oxygens (including phenoxy) is 2. The average Bonchev–Trinajstić information content (AvgIpc) is 3.46. The number of rotatable bonds is 6. The molecule has 0 bridgehead atoms. The van der Waals surface area contributed by atoms with Gasteiger partial charge < -0.3 is 20.1 Å². The topological polar surface area (TPSA) is 103 Å². The summed E-state index contributed by atoms with van der Waals surface area (Å²) in [5.41, 5.74) is 1.99. The molecule has 9 heteroatoms. The maximum Gasteiger partial charge on any atom is 0.253 e. The Labute approximate surface area is 178 Å². The first-order valence-corrected chi connectivity index (χ1v) is 10.1. The van der Waals surface area contributed by atoms with Crippen molar-refractivity contribution in [2.75, 3.05) is 20.2 Å². The number of nitrogens with one attached hydrogen (secondary N) is 2. The van der Waals surface area contributed by atoms with E-state index in [1.807, 2.05) is 24.3 Å². The Kier molecular flexibility index (Phi) is 5.09. The van der Waals surface area contributed by atoms with Gasteiger partial charge in [-0.25, -0.2) is 0 Å².